The minimum atomic E-state index is -0.222. The summed E-state index contributed by atoms with van der Waals surface area (Å²) in [4.78, 5) is 20.5. The first-order chi connectivity index (χ1) is 9.16. The van der Waals surface area contributed by atoms with Crippen molar-refractivity contribution < 1.29 is 4.79 Å². The molecule has 1 fully saturated rings. The summed E-state index contributed by atoms with van der Waals surface area (Å²) < 4.78 is 0. The summed E-state index contributed by atoms with van der Waals surface area (Å²) in [6.45, 7) is 0.500. The van der Waals surface area contributed by atoms with Gasteiger partial charge in [-0.05, 0) is 31.4 Å². The fourth-order valence-electron chi connectivity index (χ4n) is 2.22. The van der Waals surface area contributed by atoms with E-state index in [9.17, 15) is 4.79 Å². The van der Waals surface area contributed by atoms with E-state index in [0.717, 1.165) is 30.3 Å². The third-order valence-electron chi connectivity index (χ3n) is 3.63. The molecule has 0 atom stereocenters. The zero-order valence-electron chi connectivity index (χ0n) is 11.4. The van der Waals surface area contributed by atoms with Gasteiger partial charge in [0.05, 0.1) is 17.2 Å². The second kappa shape index (κ2) is 7.02. The van der Waals surface area contributed by atoms with Crippen LogP contribution in [0.5, 0.6) is 0 Å². The molecule has 0 saturated heterocycles. The number of benzene rings is 1. The number of carbonyl (C=O) groups excluding carboxylic acids is 1. The maximum atomic E-state index is 12.0. The second-order valence-corrected chi connectivity index (χ2v) is 5.14. The van der Waals surface area contributed by atoms with E-state index < -0.39 is 0 Å². The van der Waals surface area contributed by atoms with Crippen molar-refractivity contribution in [1.82, 2.24) is 15.3 Å². The molecule has 0 bridgehead atoms. The van der Waals surface area contributed by atoms with Crippen LogP contribution in [0.2, 0.25) is 0 Å². The Morgan fingerprint density at radius 2 is 1.90 bits per heavy atom. The number of hydrogen-bond donors (Lipinski definition) is 2. The molecule has 3 N–H and O–H groups in total. The van der Waals surface area contributed by atoms with Crippen molar-refractivity contribution in [3.8, 4) is 0 Å². The van der Waals surface area contributed by atoms with Gasteiger partial charge in [0, 0.05) is 12.1 Å². The van der Waals surface area contributed by atoms with Crippen LogP contribution in [0, 0.1) is 0 Å². The van der Waals surface area contributed by atoms with Gasteiger partial charge in [-0.2, -0.15) is 0 Å². The van der Waals surface area contributed by atoms with Crippen LogP contribution in [-0.4, -0.2) is 28.0 Å². The maximum Gasteiger partial charge on any atom is 0.271 e. The number of aromatic nitrogens is 2. The largest absolute Gasteiger partial charge is 0.349 e. The molecule has 1 aliphatic rings. The van der Waals surface area contributed by atoms with Gasteiger partial charge in [0.15, 0.2) is 0 Å². The molecule has 1 saturated carbocycles. The van der Waals surface area contributed by atoms with Gasteiger partial charge in [0.25, 0.3) is 5.91 Å². The van der Waals surface area contributed by atoms with Gasteiger partial charge in [0.2, 0.25) is 0 Å². The summed E-state index contributed by atoms with van der Waals surface area (Å²) >= 11 is 0. The molecule has 1 aromatic heterocycles. The van der Waals surface area contributed by atoms with E-state index in [0.29, 0.717) is 12.2 Å². The Hall–Kier alpha value is -1.43. The standard InChI is InChI=1S/C14H16N4O.2ClH/c15-14(6-3-7-14)9-17-13(19)12-8-16-10-4-1-2-5-11(10)18-12;;/h1-2,4-5,8H,3,6-7,9,15H2,(H,17,19);2*1H. The molecule has 21 heavy (non-hydrogen) atoms. The summed E-state index contributed by atoms with van der Waals surface area (Å²) in [5.74, 6) is -0.213. The Kier molecular flexibility index (Phi) is 5.89. The lowest BCUT2D eigenvalue weighted by atomic mass is 9.78. The molecule has 1 aromatic carbocycles. The molecule has 1 amide bonds. The van der Waals surface area contributed by atoms with E-state index in [2.05, 4.69) is 15.3 Å². The molecular weight excluding hydrogens is 311 g/mol. The van der Waals surface area contributed by atoms with Crippen molar-refractivity contribution in [2.45, 2.75) is 24.8 Å². The van der Waals surface area contributed by atoms with E-state index in [1.165, 1.54) is 6.20 Å². The molecule has 0 spiro atoms. The first kappa shape index (κ1) is 17.6. The number of rotatable bonds is 3. The summed E-state index contributed by atoms with van der Waals surface area (Å²) in [6, 6.07) is 7.48. The van der Waals surface area contributed by atoms with Gasteiger partial charge in [0.1, 0.15) is 5.69 Å². The van der Waals surface area contributed by atoms with Crippen molar-refractivity contribution in [3.63, 3.8) is 0 Å². The van der Waals surface area contributed by atoms with Gasteiger partial charge in [-0.25, -0.2) is 4.98 Å². The Balaban J connectivity index is 0.00000110. The van der Waals surface area contributed by atoms with Crippen LogP contribution in [0.3, 0.4) is 0 Å². The predicted octanol–water partition coefficient (Wildman–Crippen LogP) is 2.08. The van der Waals surface area contributed by atoms with Crippen LogP contribution < -0.4 is 11.1 Å². The van der Waals surface area contributed by atoms with Crippen LogP contribution in [0.4, 0.5) is 0 Å². The first-order valence-corrected chi connectivity index (χ1v) is 6.45. The van der Waals surface area contributed by atoms with Gasteiger partial charge in [-0.1, -0.05) is 12.1 Å². The normalized spacial score (nSPS) is 15.3. The van der Waals surface area contributed by atoms with Crippen molar-refractivity contribution in [3.05, 3.63) is 36.2 Å². The van der Waals surface area contributed by atoms with Crippen LogP contribution in [0.1, 0.15) is 29.8 Å². The second-order valence-electron chi connectivity index (χ2n) is 5.14. The summed E-state index contributed by atoms with van der Waals surface area (Å²) in [5.41, 5.74) is 7.69. The number of nitrogens with one attached hydrogen (secondary N) is 1. The fraction of sp³-hybridized carbons (Fsp3) is 0.357. The summed E-state index contributed by atoms with van der Waals surface area (Å²) in [5, 5.41) is 2.84. The minimum absolute atomic E-state index is 0. The highest BCUT2D eigenvalue weighted by Gasteiger charge is 2.32. The Labute approximate surface area is 135 Å². The number of halogens is 2. The zero-order chi connectivity index (χ0) is 13.3. The van der Waals surface area contributed by atoms with Crippen LogP contribution >= 0.6 is 24.8 Å². The van der Waals surface area contributed by atoms with Crippen molar-refractivity contribution in [2.24, 2.45) is 5.73 Å². The van der Waals surface area contributed by atoms with Gasteiger partial charge < -0.3 is 11.1 Å². The maximum absolute atomic E-state index is 12.0. The van der Waals surface area contributed by atoms with E-state index in [1.54, 1.807) is 0 Å². The lowest BCUT2D eigenvalue weighted by Gasteiger charge is -2.38. The fourth-order valence-corrected chi connectivity index (χ4v) is 2.22. The van der Waals surface area contributed by atoms with Gasteiger partial charge in [-0.15, -0.1) is 24.8 Å². The van der Waals surface area contributed by atoms with Crippen molar-refractivity contribution in [2.75, 3.05) is 6.54 Å². The molecule has 3 rings (SSSR count). The van der Waals surface area contributed by atoms with E-state index in [4.69, 9.17) is 5.73 Å². The van der Waals surface area contributed by atoms with Crippen molar-refractivity contribution in [1.29, 1.82) is 0 Å². The highest BCUT2D eigenvalue weighted by molar-refractivity contribution is 5.93. The molecule has 114 valence electrons. The molecule has 1 heterocycles. The van der Waals surface area contributed by atoms with E-state index >= 15 is 0 Å². The number of amides is 1. The smallest absolute Gasteiger partial charge is 0.271 e. The number of para-hydroxylation sites is 2. The van der Waals surface area contributed by atoms with Crippen LogP contribution in [-0.2, 0) is 0 Å². The predicted molar refractivity (Wildman–Crippen MR) is 87.1 cm³/mol. The number of nitrogens with two attached hydrogens (primary N) is 1. The third-order valence-corrected chi connectivity index (χ3v) is 3.63. The van der Waals surface area contributed by atoms with Crippen molar-refractivity contribution >= 4 is 41.8 Å². The highest BCUT2D eigenvalue weighted by atomic mass is 35.5. The number of hydrogen-bond acceptors (Lipinski definition) is 4. The quantitative estimate of drug-likeness (QED) is 0.903. The zero-order valence-corrected chi connectivity index (χ0v) is 13.0. The number of carbonyl (C=O) groups is 1. The van der Waals surface area contributed by atoms with Crippen LogP contribution in [0.25, 0.3) is 11.0 Å². The first-order valence-electron chi connectivity index (χ1n) is 6.45. The molecule has 0 aliphatic heterocycles. The van der Waals surface area contributed by atoms with Gasteiger partial charge in [-0.3, -0.25) is 9.78 Å². The average Bonchev–Trinajstić information content (AvgIpc) is 2.42. The summed E-state index contributed by atoms with van der Waals surface area (Å²) in [7, 11) is 0. The third kappa shape index (κ3) is 3.81. The van der Waals surface area contributed by atoms with Crippen LogP contribution in [0.15, 0.2) is 30.5 Å². The molecule has 2 aromatic rings. The molecule has 0 radical (unpaired) electrons. The molecule has 7 heteroatoms. The molecular formula is C14H18Cl2N4O. The Bertz CT molecular complexity index is 631. The minimum Gasteiger partial charge on any atom is -0.349 e. The molecule has 5 nitrogen and oxygen atoms in total. The Morgan fingerprint density at radius 1 is 1.24 bits per heavy atom. The molecule has 1 aliphatic carbocycles. The van der Waals surface area contributed by atoms with Gasteiger partial charge >= 0.3 is 0 Å². The Morgan fingerprint density at radius 3 is 2.52 bits per heavy atom. The topological polar surface area (TPSA) is 80.9 Å². The number of nitrogens with zero attached hydrogens (tertiary/aromatic N) is 2. The molecule has 0 unspecified atom stereocenters. The highest BCUT2D eigenvalue weighted by Crippen LogP contribution is 2.28. The van der Waals surface area contributed by atoms with E-state index in [1.807, 2.05) is 24.3 Å². The lowest BCUT2D eigenvalue weighted by molar-refractivity contribution is 0.0925. The SMILES string of the molecule is Cl.Cl.NC1(CNC(=O)c2cnc3ccccc3n2)CCC1. The monoisotopic (exact) mass is 328 g/mol. The summed E-state index contributed by atoms with van der Waals surface area (Å²) in [6.07, 6.45) is 4.58. The van der Waals surface area contributed by atoms with E-state index in [-0.39, 0.29) is 36.3 Å². The number of fused-ring (bicyclic) bond motifs is 1. The average molecular weight is 329 g/mol. The lowest BCUT2D eigenvalue weighted by Crippen LogP contribution is -2.55.